The Labute approximate surface area is 102 Å². The minimum atomic E-state index is -2.10. The van der Waals surface area contributed by atoms with E-state index in [0.717, 1.165) is 0 Å². The van der Waals surface area contributed by atoms with Gasteiger partial charge in [0.15, 0.2) is 23.3 Å². The molecule has 0 aromatic heterocycles. The third-order valence-corrected chi connectivity index (χ3v) is 3.55. The van der Waals surface area contributed by atoms with E-state index in [1.54, 1.807) is 0 Å². The Kier molecular flexibility index (Phi) is 2.72. The largest absolute Gasteiger partial charge is 0.203 e. The highest BCUT2D eigenvalue weighted by Crippen LogP contribution is 2.56. The molecule has 0 atom stereocenters. The average molecular weight is 264 g/mol. The third-order valence-electron chi connectivity index (χ3n) is 3.55. The fourth-order valence-corrected chi connectivity index (χ4v) is 3.37. The lowest BCUT2D eigenvalue weighted by atomic mass is 9.52. The van der Waals surface area contributed by atoms with Crippen LogP contribution in [0.4, 0.5) is 22.0 Å². The number of hydrogen-bond acceptors (Lipinski definition) is 0. The van der Waals surface area contributed by atoms with Gasteiger partial charge in [-0.15, -0.1) is 0 Å². The maximum Gasteiger partial charge on any atom is 0.200 e. The van der Waals surface area contributed by atoms with E-state index in [0.29, 0.717) is 12.8 Å². The van der Waals surface area contributed by atoms with E-state index in [1.165, 1.54) is 6.92 Å². The van der Waals surface area contributed by atoms with Gasteiger partial charge in [-0.25, -0.2) is 22.0 Å². The van der Waals surface area contributed by atoms with Crippen LogP contribution in [0.1, 0.15) is 39.2 Å². The summed E-state index contributed by atoms with van der Waals surface area (Å²) in [4.78, 5) is 0. The lowest BCUT2D eigenvalue weighted by Gasteiger charge is -2.51. The standard InChI is InChI=1S/C13H13F5/c1-12(2)4-13(3,5-12)6-7(14)9(16)11(18)10(17)8(6)15/h4-5H2,1-3H3. The summed E-state index contributed by atoms with van der Waals surface area (Å²) >= 11 is 0. The first kappa shape index (κ1) is 13.3. The normalized spacial score (nSPS) is 20.7. The Morgan fingerprint density at radius 2 is 1.00 bits per heavy atom. The first-order chi connectivity index (χ1) is 8.09. The van der Waals surface area contributed by atoms with Gasteiger partial charge in [0.2, 0.25) is 5.82 Å². The molecule has 0 spiro atoms. The summed E-state index contributed by atoms with van der Waals surface area (Å²) in [6.07, 6.45) is 0.775. The topological polar surface area (TPSA) is 0 Å². The molecule has 18 heavy (non-hydrogen) atoms. The predicted molar refractivity (Wildman–Crippen MR) is 56.6 cm³/mol. The van der Waals surface area contributed by atoms with Gasteiger partial charge in [-0.1, -0.05) is 20.8 Å². The molecule has 0 unspecified atom stereocenters. The summed E-state index contributed by atoms with van der Waals surface area (Å²) in [5, 5.41) is 0. The summed E-state index contributed by atoms with van der Waals surface area (Å²) in [6, 6.07) is 0. The Bertz CT molecular complexity index is 482. The number of benzene rings is 1. The summed E-state index contributed by atoms with van der Waals surface area (Å²) in [7, 11) is 0. The minimum absolute atomic E-state index is 0.144. The molecule has 0 saturated heterocycles. The van der Waals surface area contributed by atoms with Crippen LogP contribution in [0.3, 0.4) is 0 Å². The molecule has 0 heterocycles. The van der Waals surface area contributed by atoms with Crippen LogP contribution in [0.5, 0.6) is 0 Å². The molecular weight excluding hydrogens is 251 g/mol. The van der Waals surface area contributed by atoms with Crippen molar-refractivity contribution in [1.29, 1.82) is 0 Å². The molecule has 1 aliphatic carbocycles. The maximum atomic E-state index is 13.7. The number of halogens is 5. The first-order valence-corrected chi connectivity index (χ1v) is 5.61. The number of rotatable bonds is 1. The van der Waals surface area contributed by atoms with Gasteiger partial charge in [-0.05, 0) is 23.7 Å². The van der Waals surface area contributed by atoms with Crippen molar-refractivity contribution in [1.82, 2.24) is 0 Å². The molecule has 5 heteroatoms. The quantitative estimate of drug-likeness (QED) is 0.399. The monoisotopic (exact) mass is 264 g/mol. The van der Waals surface area contributed by atoms with E-state index in [1.807, 2.05) is 13.8 Å². The van der Waals surface area contributed by atoms with Gasteiger partial charge < -0.3 is 0 Å². The molecule has 0 amide bonds. The van der Waals surface area contributed by atoms with E-state index >= 15 is 0 Å². The Morgan fingerprint density at radius 3 is 1.33 bits per heavy atom. The third kappa shape index (κ3) is 1.71. The van der Waals surface area contributed by atoms with Crippen LogP contribution in [0.15, 0.2) is 0 Å². The van der Waals surface area contributed by atoms with Crippen molar-refractivity contribution in [3.63, 3.8) is 0 Å². The van der Waals surface area contributed by atoms with Gasteiger partial charge in [0.25, 0.3) is 0 Å². The van der Waals surface area contributed by atoms with Crippen LogP contribution in [0.25, 0.3) is 0 Å². The van der Waals surface area contributed by atoms with E-state index in [9.17, 15) is 22.0 Å². The molecule has 0 N–H and O–H groups in total. The van der Waals surface area contributed by atoms with Crippen LogP contribution in [0.2, 0.25) is 0 Å². The van der Waals surface area contributed by atoms with Gasteiger partial charge >= 0.3 is 0 Å². The second-order valence-electron chi connectivity index (χ2n) is 6.02. The predicted octanol–water partition coefficient (Wildman–Crippen LogP) is 4.46. The van der Waals surface area contributed by atoms with Crippen molar-refractivity contribution in [3.05, 3.63) is 34.6 Å². The van der Waals surface area contributed by atoms with Crippen molar-refractivity contribution in [2.75, 3.05) is 0 Å². The highest BCUT2D eigenvalue weighted by molar-refractivity contribution is 5.34. The molecule has 0 aliphatic heterocycles. The molecule has 0 nitrogen and oxygen atoms in total. The molecule has 1 aromatic rings. The van der Waals surface area contributed by atoms with E-state index in [4.69, 9.17) is 0 Å². The molecule has 1 aromatic carbocycles. The lowest BCUT2D eigenvalue weighted by Crippen LogP contribution is -2.45. The number of hydrogen-bond donors (Lipinski definition) is 0. The SMILES string of the molecule is CC1(C)CC(C)(c2c(F)c(F)c(F)c(F)c2F)C1. The minimum Gasteiger partial charge on any atom is -0.203 e. The zero-order valence-electron chi connectivity index (χ0n) is 10.3. The summed E-state index contributed by atoms with van der Waals surface area (Å²) in [5.74, 6) is -9.24. The Morgan fingerprint density at radius 1 is 0.667 bits per heavy atom. The van der Waals surface area contributed by atoms with Crippen molar-refractivity contribution in [2.24, 2.45) is 5.41 Å². The van der Waals surface area contributed by atoms with Gasteiger partial charge in [-0.3, -0.25) is 0 Å². The lowest BCUT2D eigenvalue weighted by molar-refractivity contribution is 0.0640. The summed E-state index contributed by atoms with van der Waals surface area (Å²) in [5.41, 5.74) is -1.82. The van der Waals surface area contributed by atoms with Crippen LogP contribution in [-0.2, 0) is 5.41 Å². The van der Waals surface area contributed by atoms with Crippen molar-refractivity contribution in [3.8, 4) is 0 Å². The zero-order valence-corrected chi connectivity index (χ0v) is 10.3. The second kappa shape index (κ2) is 3.68. The molecule has 1 fully saturated rings. The molecule has 1 aliphatic rings. The second-order valence-corrected chi connectivity index (χ2v) is 6.02. The highest BCUT2D eigenvalue weighted by Gasteiger charge is 2.50. The first-order valence-electron chi connectivity index (χ1n) is 5.61. The van der Waals surface area contributed by atoms with Crippen LogP contribution in [0, 0.1) is 34.5 Å². The van der Waals surface area contributed by atoms with Gasteiger partial charge in [-0.2, -0.15) is 0 Å². The molecule has 2 rings (SSSR count). The van der Waals surface area contributed by atoms with Gasteiger partial charge in [0, 0.05) is 5.56 Å². The fourth-order valence-electron chi connectivity index (χ4n) is 3.37. The summed E-state index contributed by atoms with van der Waals surface area (Å²) in [6.45, 7) is 5.30. The van der Waals surface area contributed by atoms with Crippen molar-refractivity contribution < 1.29 is 22.0 Å². The van der Waals surface area contributed by atoms with E-state index in [2.05, 4.69) is 0 Å². The molecule has 100 valence electrons. The van der Waals surface area contributed by atoms with E-state index in [-0.39, 0.29) is 5.41 Å². The Balaban J connectivity index is 2.60. The van der Waals surface area contributed by atoms with Gasteiger partial charge in [0.05, 0.1) is 0 Å². The fraction of sp³-hybridized carbons (Fsp3) is 0.538. The van der Waals surface area contributed by atoms with Crippen molar-refractivity contribution in [2.45, 2.75) is 39.0 Å². The maximum absolute atomic E-state index is 13.7. The van der Waals surface area contributed by atoms with Crippen molar-refractivity contribution >= 4 is 0 Å². The molecule has 0 bridgehead atoms. The Hall–Kier alpha value is -1.13. The summed E-state index contributed by atoms with van der Waals surface area (Å²) < 4.78 is 66.5. The van der Waals surface area contributed by atoms with Crippen LogP contribution in [-0.4, -0.2) is 0 Å². The highest BCUT2D eigenvalue weighted by atomic mass is 19.2. The molecule has 0 radical (unpaired) electrons. The smallest absolute Gasteiger partial charge is 0.200 e. The van der Waals surface area contributed by atoms with E-state index < -0.39 is 40.1 Å². The molecule has 1 saturated carbocycles. The average Bonchev–Trinajstić information content (AvgIpc) is 2.21. The van der Waals surface area contributed by atoms with Crippen LogP contribution < -0.4 is 0 Å². The van der Waals surface area contributed by atoms with Crippen LogP contribution >= 0.6 is 0 Å². The molecular formula is C13H13F5. The zero-order chi connectivity index (χ0) is 13.9. The van der Waals surface area contributed by atoms with Gasteiger partial charge in [0.1, 0.15) is 0 Å².